The van der Waals surface area contributed by atoms with Crippen molar-refractivity contribution in [1.82, 2.24) is 0 Å². The Morgan fingerprint density at radius 2 is 2.18 bits per heavy atom. The van der Waals surface area contributed by atoms with Crippen molar-refractivity contribution in [2.24, 2.45) is 0 Å². The lowest BCUT2D eigenvalue weighted by atomic mass is 9.81. The molecule has 0 bridgehead atoms. The Morgan fingerprint density at radius 1 is 1.55 bits per heavy atom. The first kappa shape index (κ1) is 9.13. The Bertz CT molecular complexity index is 247. The van der Waals surface area contributed by atoms with E-state index in [2.05, 4.69) is 0 Å². The van der Waals surface area contributed by atoms with E-state index in [1.807, 2.05) is 19.2 Å². The molecule has 0 saturated carbocycles. The highest BCUT2D eigenvalue weighted by atomic mass is 32.2. The smallest absolute Gasteiger partial charge is 0.423 e. The van der Waals surface area contributed by atoms with Crippen LogP contribution in [0.5, 0.6) is 0 Å². The van der Waals surface area contributed by atoms with Gasteiger partial charge in [-0.3, -0.25) is 0 Å². The minimum atomic E-state index is -1.33. The largest absolute Gasteiger partial charge is 0.489 e. The molecule has 0 aliphatic rings. The van der Waals surface area contributed by atoms with E-state index in [1.54, 1.807) is 23.1 Å². The summed E-state index contributed by atoms with van der Waals surface area (Å²) in [5, 5.41) is 17.7. The van der Waals surface area contributed by atoms with Crippen LogP contribution in [0.25, 0.3) is 0 Å². The van der Waals surface area contributed by atoms with Gasteiger partial charge in [0.05, 0.1) is 4.21 Å². The molecule has 0 spiro atoms. The fraction of sp³-hybridized carbons (Fsp3) is 0.333. The third kappa shape index (κ3) is 1.99. The van der Waals surface area contributed by atoms with E-state index in [4.69, 9.17) is 10.0 Å². The van der Waals surface area contributed by atoms with Gasteiger partial charge in [-0.1, -0.05) is 0 Å². The van der Waals surface area contributed by atoms with Crippen LogP contribution in [0.15, 0.2) is 10.3 Å². The second-order valence-electron chi connectivity index (χ2n) is 2.15. The summed E-state index contributed by atoms with van der Waals surface area (Å²) >= 11 is 3.20. The van der Waals surface area contributed by atoms with E-state index >= 15 is 0 Å². The molecule has 11 heavy (non-hydrogen) atoms. The molecule has 5 heteroatoms. The summed E-state index contributed by atoms with van der Waals surface area (Å²) in [6.07, 6.45) is 1.97. The van der Waals surface area contributed by atoms with Crippen LogP contribution in [0.2, 0.25) is 0 Å². The Labute approximate surface area is 74.4 Å². The zero-order valence-corrected chi connectivity index (χ0v) is 8.00. The van der Waals surface area contributed by atoms with Crippen LogP contribution in [-0.4, -0.2) is 23.4 Å². The number of rotatable bonds is 2. The Kier molecular flexibility index (Phi) is 3.01. The number of thiophene rings is 1. The maximum absolute atomic E-state index is 8.87. The van der Waals surface area contributed by atoms with E-state index in [-0.39, 0.29) is 0 Å². The van der Waals surface area contributed by atoms with Gasteiger partial charge in [0.25, 0.3) is 0 Å². The van der Waals surface area contributed by atoms with E-state index in [0.29, 0.717) is 5.46 Å². The number of aryl methyl sites for hydroxylation is 1. The lowest BCUT2D eigenvalue weighted by molar-refractivity contribution is 0.425. The van der Waals surface area contributed by atoms with Gasteiger partial charge in [-0.25, -0.2) is 0 Å². The first-order chi connectivity index (χ1) is 5.15. The normalized spacial score (nSPS) is 10.2. The van der Waals surface area contributed by atoms with Crippen molar-refractivity contribution in [3.05, 3.63) is 10.9 Å². The first-order valence-corrected chi connectivity index (χ1v) is 5.19. The van der Waals surface area contributed by atoms with Crippen molar-refractivity contribution >= 4 is 35.7 Å². The Hall–Kier alpha value is 0.0349. The maximum Gasteiger partial charge on any atom is 0.489 e. The molecule has 0 amide bonds. The zero-order valence-electron chi connectivity index (χ0n) is 6.37. The summed E-state index contributed by atoms with van der Waals surface area (Å²) in [4.78, 5) is 0.976. The molecular weight excluding hydrogens is 179 g/mol. The summed E-state index contributed by atoms with van der Waals surface area (Å²) < 4.78 is 1.12. The predicted molar refractivity (Wildman–Crippen MR) is 50.7 cm³/mol. The van der Waals surface area contributed by atoms with Crippen LogP contribution in [0.3, 0.4) is 0 Å². The zero-order chi connectivity index (χ0) is 8.43. The molecular formula is C6H9BO2S2. The van der Waals surface area contributed by atoms with Gasteiger partial charge in [0, 0.05) is 4.88 Å². The molecule has 0 fully saturated rings. The van der Waals surface area contributed by atoms with Gasteiger partial charge in [-0.05, 0) is 24.7 Å². The second kappa shape index (κ2) is 3.62. The Morgan fingerprint density at radius 3 is 2.45 bits per heavy atom. The molecule has 0 aliphatic carbocycles. The molecule has 0 unspecified atom stereocenters. The lowest BCUT2D eigenvalue weighted by Gasteiger charge is -1.93. The summed E-state index contributed by atoms with van der Waals surface area (Å²) in [5.41, 5.74) is 0.624. The highest BCUT2D eigenvalue weighted by molar-refractivity contribution is 8.00. The Balaban J connectivity index is 2.97. The average molecular weight is 188 g/mol. The fourth-order valence-electron chi connectivity index (χ4n) is 0.825. The van der Waals surface area contributed by atoms with E-state index in [1.165, 1.54) is 0 Å². The molecule has 1 heterocycles. The SMILES string of the molecule is CSc1cc(B(O)O)c(C)s1. The molecule has 2 nitrogen and oxygen atoms in total. The van der Waals surface area contributed by atoms with E-state index in [0.717, 1.165) is 9.09 Å². The number of hydrogen-bond donors (Lipinski definition) is 2. The van der Waals surface area contributed by atoms with Crippen molar-refractivity contribution in [1.29, 1.82) is 0 Å². The second-order valence-corrected chi connectivity index (χ2v) is 4.52. The van der Waals surface area contributed by atoms with Gasteiger partial charge < -0.3 is 10.0 Å². The molecule has 1 aromatic heterocycles. The molecule has 0 saturated heterocycles. The summed E-state index contributed by atoms with van der Waals surface area (Å²) in [6, 6.07) is 1.81. The van der Waals surface area contributed by atoms with Crippen LogP contribution < -0.4 is 5.46 Å². The monoisotopic (exact) mass is 188 g/mol. The van der Waals surface area contributed by atoms with Crippen molar-refractivity contribution in [3.63, 3.8) is 0 Å². The average Bonchev–Trinajstić information content (AvgIpc) is 2.30. The standard InChI is InChI=1S/C6H9BO2S2/c1-4-5(7(8)9)3-6(10-2)11-4/h3,8-9H,1-2H3. The van der Waals surface area contributed by atoms with Gasteiger partial charge in [-0.2, -0.15) is 0 Å². The fourth-order valence-corrected chi connectivity index (χ4v) is 2.55. The quantitative estimate of drug-likeness (QED) is 0.523. The van der Waals surface area contributed by atoms with Crippen molar-refractivity contribution < 1.29 is 10.0 Å². The number of hydrogen-bond acceptors (Lipinski definition) is 4. The van der Waals surface area contributed by atoms with Gasteiger partial charge >= 0.3 is 7.12 Å². The third-order valence-electron chi connectivity index (χ3n) is 1.41. The van der Waals surface area contributed by atoms with Crippen LogP contribution in [0.1, 0.15) is 4.88 Å². The first-order valence-electron chi connectivity index (χ1n) is 3.15. The van der Waals surface area contributed by atoms with Crippen molar-refractivity contribution in [2.45, 2.75) is 11.1 Å². The lowest BCUT2D eigenvalue weighted by Crippen LogP contribution is -2.29. The molecule has 0 atom stereocenters. The molecule has 2 N–H and O–H groups in total. The predicted octanol–water partition coefficient (Wildman–Crippen LogP) is 0.458. The summed E-state index contributed by atoms with van der Waals surface area (Å²) in [6.45, 7) is 1.89. The maximum atomic E-state index is 8.87. The highest BCUT2D eigenvalue weighted by Crippen LogP contribution is 2.22. The summed E-state index contributed by atoms with van der Waals surface area (Å²) in [7, 11) is -1.33. The van der Waals surface area contributed by atoms with Gasteiger partial charge in [-0.15, -0.1) is 23.1 Å². The molecule has 0 aromatic carbocycles. The molecule has 0 aliphatic heterocycles. The molecule has 0 radical (unpaired) electrons. The van der Waals surface area contributed by atoms with Crippen molar-refractivity contribution in [3.8, 4) is 0 Å². The van der Waals surface area contributed by atoms with Crippen LogP contribution in [0, 0.1) is 6.92 Å². The van der Waals surface area contributed by atoms with Crippen LogP contribution in [0.4, 0.5) is 0 Å². The topological polar surface area (TPSA) is 40.5 Å². The molecule has 60 valence electrons. The number of thioether (sulfide) groups is 1. The van der Waals surface area contributed by atoms with E-state index in [9.17, 15) is 0 Å². The van der Waals surface area contributed by atoms with Gasteiger partial charge in [0.15, 0.2) is 0 Å². The third-order valence-corrected chi connectivity index (χ3v) is 3.54. The minimum Gasteiger partial charge on any atom is -0.423 e. The van der Waals surface area contributed by atoms with Crippen LogP contribution >= 0.6 is 23.1 Å². The van der Waals surface area contributed by atoms with E-state index < -0.39 is 7.12 Å². The molecule has 1 aromatic rings. The van der Waals surface area contributed by atoms with Gasteiger partial charge in [0.2, 0.25) is 0 Å². The van der Waals surface area contributed by atoms with Crippen molar-refractivity contribution in [2.75, 3.05) is 6.26 Å². The highest BCUT2D eigenvalue weighted by Gasteiger charge is 2.16. The molecule has 1 rings (SSSR count). The summed E-state index contributed by atoms with van der Waals surface area (Å²) in [5.74, 6) is 0. The van der Waals surface area contributed by atoms with Gasteiger partial charge in [0.1, 0.15) is 0 Å². The minimum absolute atomic E-state index is 0.624. The van der Waals surface area contributed by atoms with Crippen LogP contribution in [-0.2, 0) is 0 Å².